The number of rotatable bonds is 5. The van der Waals surface area contributed by atoms with Crippen molar-refractivity contribution in [1.29, 1.82) is 0 Å². The lowest BCUT2D eigenvalue weighted by Gasteiger charge is -2.20. The van der Waals surface area contributed by atoms with Crippen molar-refractivity contribution in [3.8, 4) is 0 Å². The maximum Gasteiger partial charge on any atom is 0.339 e. The second kappa shape index (κ2) is 5.09. The Balaban J connectivity index is 1.87. The molecule has 0 aromatic carbocycles. The van der Waals surface area contributed by atoms with Crippen molar-refractivity contribution in [2.75, 3.05) is 19.8 Å². The van der Waals surface area contributed by atoms with E-state index in [1.165, 1.54) is 6.07 Å². The van der Waals surface area contributed by atoms with E-state index >= 15 is 0 Å². The SMILES string of the molecule is Cc1oc(CNCC2(O)CCOC2)cc1C(=O)O. The molecule has 100 valence electrons. The predicted octanol–water partition coefficient (Wildman–Crippen LogP) is 0.527. The minimum atomic E-state index is -0.995. The summed E-state index contributed by atoms with van der Waals surface area (Å²) in [4.78, 5) is 10.8. The third-order valence-corrected chi connectivity index (χ3v) is 3.03. The molecule has 1 saturated heterocycles. The first kappa shape index (κ1) is 13.1. The zero-order valence-electron chi connectivity index (χ0n) is 10.2. The molecule has 1 aliphatic heterocycles. The van der Waals surface area contributed by atoms with Crippen LogP contribution in [0.25, 0.3) is 0 Å². The number of aryl methyl sites for hydroxylation is 1. The van der Waals surface area contributed by atoms with Crippen LogP contribution in [0, 0.1) is 6.92 Å². The zero-order chi connectivity index (χ0) is 13.2. The molecule has 0 amide bonds. The first-order valence-electron chi connectivity index (χ1n) is 5.84. The van der Waals surface area contributed by atoms with E-state index in [4.69, 9.17) is 14.3 Å². The highest BCUT2D eigenvalue weighted by Gasteiger charge is 2.31. The van der Waals surface area contributed by atoms with Gasteiger partial charge in [-0.1, -0.05) is 0 Å². The molecule has 1 aromatic rings. The van der Waals surface area contributed by atoms with Crippen LogP contribution in [-0.4, -0.2) is 41.5 Å². The predicted molar refractivity (Wildman–Crippen MR) is 62.5 cm³/mol. The summed E-state index contributed by atoms with van der Waals surface area (Å²) in [6.45, 7) is 3.30. The van der Waals surface area contributed by atoms with Crippen LogP contribution < -0.4 is 5.32 Å². The monoisotopic (exact) mass is 255 g/mol. The Morgan fingerprint density at radius 2 is 2.39 bits per heavy atom. The van der Waals surface area contributed by atoms with E-state index in [1.807, 2.05) is 0 Å². The van der Waals surface area contributed by atoms with Gasteiger partial charge in [-0.05, 0) is 13.0 Å². The van der Waals surface area contributed by atoms with Crippen LogP contribution in [0.15, 0.2) is 10.5 Å². The van der Waals surface area contributed by atoms with Gasteiger partial charge < -0.3 is 24.7 Å². The number of hydrogen-bond donors (Lipinski definition) is 3. The summed E-state index contributed by atoms with van der Waals surface area (Å²) >= 11 is 0. The molecule has 1 fully saturated rings. The molecule has 1 unspecified atom stereocenters. The minimum absolute atomic E-state index is 0.176. The van der Waals surface area contributed by atoms with Crippen LogP contribution in [0.5, 0.6) is 0 Å². The lowest BCUT2D eigenvalue weighted by molar-refractivity contribution is 0.0265. The smallest absolute Gasteiger partial charge is 0.339 e. The quantitative estimate of drug-likeness (QED) is 0.710. The number of nitrogens with one attached hydrogen (secondary N) is 1. The van der Waals surface area contributed by atoms with E-state index in [1.54, 1.807) is 6.92 Å². The lowest BCUT2D eigenvalue weighted by atomic mass is 10.0. The number of hydrogen-bond acceptors (Lipinski definition) is 5. The molecular formula is C12H17NO5. The highest BCUT2D eigenvalue weighted by atomic mass is 16.5. The third kappa shape index (κ3) is 2.90. The van der Waals surface area contributed by atoms with Gasteiger partial charge in [0.05, 0.1) is 13.2 Å². The second-order valence-corrected chi connectivity index (χ2v) is 4.62. The Kier molecular flexibility index (Phi) is 3.70. The van der Waals surface area contributed by atoms with Crippen LogP contribution in [0.4, 0.5) is 0 Å². The molecule has 2 heterocycles. The van der Waals surface area contributed by atoms with Crippen molar-refractivity contribution >= 4 is 5.97 Å². The Hall–Kier alpha value is -1.37. The van der Waals surface area contributed by atoms with E-state index in [0.717, 1.165) is 0 Å². The Morgan fingerprint density at radius 3 is 2.94 bits per heavy atom. The first-order chi connectivity index (χ1) is 8.50. The number of aliphatic hydroxyl groups is 1. The third-order valence-electron chi connectivity index (χ3n) is 3.03. The van der Waals surface area contributed by atoms with Gasteiger partial charge in [0.25, 0.3) is 0 Å². The van der Waals surface area contributed by atoms with E-state index in [-0.39, 0.29) is 5.56 Å². The number of carboxylic acids is 1. The molecule has 1 aliphatic rings. The largest absolute Gasteiger partial charge is 0.478 e. The molecule has 6 nitrogen and oxygen atoms in total. The normalized spacial score (nSPS) is 23.4. The van der Waals surface area contributed by atoms with E-state index in [9.17, 15) is 9.90 Å². The number of furan rings is 1. The van der Waals surface area contributed by atoms with Crippen LogP contribution in [-0.2, 0) is 11.3 Å². The Labute approximate surface area is 105 Å². The van der Waals surface area contributed by atoms with Crippen LogP contribution in [0.2, 0.25) is 0 Å². The molecule has 6 heteroatoms. The second-order valence-electron chi connectivity index (χ2n) is 4.62. The molecule has 0 aliphatic carbocycles. The fourth-order valence-electron chi connectivity index (χ4n) is 2.00. The number of carboxylic acid groups (broad SMARTS) is 1. The van der Waals surface area contributed by atoms with Gasteiger partial charge in [-0.3, -0.25) is 0 Å². The number of aromatic carboxylic acids is 1. The van der Waals surface area contributed by atoms with Gasteiger partial charge in [0.15, 0.2) is 0 Å². The highest BCUT2D eigenvalue weighted by molar-refractivity contribution is 5.88. The van der Waals surface area contributed by atoms with E-state index in [2.05, 4.69) is 5.32 Å². The highest BCUT2D eigenvalue weighted by Crippen LogP contribution is 2.18. The maximum absolute atomic E-state index is 10.8. The van der Waals surface area contributed by atoms with Crippen molar-refractivity contribution in [2.24, 2.45) is 0 Å². The first-order valence-corrected chi connectivity index (χ1v) is 5.84. The molecule has 0 radical (unpaired) electrons. The molecule has 0 saturated carbocycles. The van der Waals surface area contributed by atoms with Gasteiger partial charge in [-0.25, -0.2) is 4.79 Å². The topological polar surface area (TPSA) is 91.9 Å². The van der Waals surface area contributed by atoms with E-state index in [0.29, 0.717) is 44.2 Å². The van der Waals surface area contributed by atoms with Gasteiger partial charge in [-0.2, -0.15) is 0 Å². The van der Waals surface area contributed by atoms with Crippen molar-refractivity contribution in [3.63, 3.8) is 0 Å². The van der Waals surface area contributed by atoms with Gasteiger partial charge in [0, 0.05) is 19.6 Å². The fourth-order valence-corrected chi connectivity index (χ4v) is 2.00. The summed E-state index contributed by atoms with van der Waals surface area (Å²) in [5.74, 6) is -0.0556. The Bertz CT molecular complexity index is 434. The van der Waals surface area contributed by atoms with Gasteiger partial charge in [0.1, 0.15) is 22.7 Å². The fraction of sp³-hybridized carbons (Fsp3) is 0.583. The summed E-state index contributed by atoms with van der Waals surface area (Å²) in [5.41, 5.74) is -0.646. The van der Waals surface area contributed by atoms with Gasteiger partial charge in [-0.15, -0.1) is 0 Å². The van der Waals surface area contributed by atoms with Gasteiger partial charge in [0.2, 0.25) is 0 Å². The molecule has 2 rings (SSSR count). The molecule has 0 bridgehead atoms. The van der Waals surface area contributed by atoms with Crippen molar-refractivity contribution < 1.29 is 24.2 Å². The lowest BCUT2D eigenvalue weighted by Crippen LogP contribution is -2.40. The van der Waals surface area contributed by atoms with Crippen molar-refractivity contribution in [3.05, 3.63) is 23.2 Å². The van der Waals surface area contributed by atoms with E-state index < -0.39 is 11.6 Å². The van der Waals surface area contributed by atoms with Crippen molar-refractivity contribution in [2.45, 2.75) is 25.5 Å². The molecular weight excluding hydrogens is 238 g/mol. The molecule has 0 spiro atoms. The maximum atomic E-state index is 10.8. The Morgan fingerprint density at radius 1 is 1.61 bits per heavy atom. The summed E-state index contributed by atoms with van der Waals surface area (Å²) in [6.07, 6.45) is 0.609. The molecule has 1 aromatic heterocycles. The average Bonchev–Trinajstić information content (AvgIpc) is 2.86. The zero-order valence-corrected chi connectivity index (χ0v) is 10.2. The number of ether oxygens (including phenoxy) is 1. The summed E-state index contributed by atoms with van der Waals surface area (Å²) in [6, 6.07) is 1.50. The standard InChI is InChI=1S/C12H17NO5/c1-8-10(11(14)15)4-9(18-8)5-13-6-12(16)2-3-17-7-12/h4,13,16H,2-3,5-7H2,1H3,(H,14,15). The summed E-state index contributed by atoms with van der Waals surface area (Å²) in [7, 11) is 0. The average molecular weight is 255 g/mol. The number of carbonyl (C=O) groups is 1. The van der Waals surface area contributed by atoms with Crippen LogP contribution >= 0.6 is 0 Å². The summed E-state index contributed by atoms with van der Waals surface area (Å²) in [5, 5.41) is 21.9. The molecule has 3 N–H and O–H groups in total. The van der Waals surface area contributed by atoms with Crippen LogP contribution in [0.3, 0.4) is 0 Å². The molecule has 18 heavy (non-hydrogen) atoms. The van der Waals surface area contributed by atoms with Crippen molar-refractivity contribution in [1.82, 2.24) is 5.32 Å². The van der Waals surface area contributed by atoms with Gasteiger partial charge >= 0.3 is 5.97 Å². The minimum Gasteiger partial charge on any atom is -0.478 e. The molecule has 1 atom stereocenters. The summed E-state index contributed by atoms with van der Waals surface area (Å²) < 4.78 is 10.4. The van der Waals surface area contributed by atoms with Crippen LogP contribution in [0.1, 0.15) is 28.3 Å².